The van der Waals surface area contributed by atoms with E-state index in [4.69, 9.17) is 4.74 Å². The second-order valence-electron chi connectivity index (χ2n) is 6.57. The van der Waals surface area contributed by atoms with E-state index >= 15 is 0 Å². The lowest BCUT2D eigenvalue weighted by molar-refractivity contribution is -0.132. The fraction of sp³-hybridized carbons (Fsp3) is 0.550. The lowest BCUT2D eigenvalue weighted by atomic mass is 10.1. The van der Waals surface area contributed by atoms with E-state index in [1.165, 1.54) is 0 Å². The number of nitrogens with one attached hydrogen (secondary N) is 1. The summed E-state index contributed by atoms with van der Waals surface area (Å²) in [5.41, 5.74) is 0.560. The fourth-order valence-electron chi connectivity index (χ4n) is 3.02. The predicted molar refractivity (Wildman–Crippen MR) is 103 cm³/mol. The largest absolute Gasteiger partial charge is 0.497 e. The normalized spacial score (nSPS) is 14.7. The molecule has 1 heterocycles. The van der Waals surface area contributed by atoms with E-state index in [1.54, 1.807) is 31.4 Å². The Balaban J connectivity index is 1.63. The second kappa shape index (κ2) is 10.7. The summed E-state index contributed by atoms with van der Waals surface area (Å²) in [6.07, 6.45) is 0.559. The molecule has 1 aliphatic heterocycles. The highest BCUT2D eigenvalue weighted by atomic mass is 16.5. The molecule has 0 aromatic heterocycles. The van der Waals surface area contributed by atoms with Crippen molar-refractivity contribution in [1.82, 2.24) is 15.1 Å². The van der Waals surface area contributed by atoms with Crippen molar-refractivity contribution in [2.24, 2.45) is 0 Å². The average Bonchev–Trinajstić information content (AvgIpc) is 2.72. The zero-order valence-electron chi connectivity index (χ0n) is 16.2. The van der Waals surface area contributed by atoms with Gasteiger partial charge in [-0.3, -0.25) is 14.4 Å². The average molecular weight is 375 g/mol. The molecule has 1 fully saturated rings. The Bertz CT molecular complexity index is 637. The van der Waals surface area contributed by atoms with Crippen molar-refractivity contribution >= 4 is 17.6 Å². The molecule has 0 atom stereocenters. The van der Waals surface area contributed by atoms with E-state index in [0.29, 0.717) is 24.3 Å². The van der Waals surface area contributed by atoms with Gasteiger partial charge in [0.2, 0.25) is 11.8 Å². The second-order valence-corrected chi connectivity index (χ2v) is 6.57. The SMILES string of the molecule is CCN1CCN(C(=O)CCNC(=O)CCC(=O)c2ccc(OC)cc2)CC1. The maximum absolute atomic E-state index is 12.2. The number of hydrogen-bond acceptors (Lipinski definition) is 5. The molecule has 0 unspecified atom stereocenters. The summed E-state index contributed by atoms with van der Waals surface area (Å²) in [6, 6.07) is 6.82. The quantitative estimate of drug-likeness (QED) is 0.659. The molecule has 148 valence electrons. The highest BCUT2D eigenvalue weighted by Crippen LogP contribution is 2.13. The van der Waals surface area contributed by atoms with Crippen molar-refractivity contribution in [3.05, 3.63) is 29.8 Å². The van der Waals surface area contributed by atoms with Gasteiger partial charge in [-0.1, -0.05) is 6.92 Å². The van der Waals surface area contributed by atoms with Crippen LogP contribution in [-0.4, -0.2) is 73.8 Å². The van der Waals surface area contributed by atoms with Crippen LogP contribution in [0.4, 0.5) is 0 Å². The third-order valence-corrected chi connectivity index (χ3v) is 4.82. The van der Waals surface area contributed by atoms with Crippen LogP contribution in [-0.2, 0) is 9.59 Å². The van der Waals surface area contributed by atoms with E-state index < -0.39 is 0 Å². The molecule has 0 saturated carbocycles. The number of benzene rings is 1. The van der Waals surface area contributed by atoms with Gasteiger partial charge >= 0.3 is 0 Å². The molecule has 1 saturated heterocycles. The van der Waals surface area contributed by atoms with Gasteiger partial charge in [-0.15, -0.1) is 0 Å². The first-order chi connectivity index (χ1) is 13.0. The highest BCUT2D eigenvalue weighted by Gasteiger charge is 2.19. The number of carbonyl (C=O) groups is 3. The van der Waals surface area contributed by atoms with Crippen LogP contribution >= 0.6 is 0 Å². The van der Waals surface area contributed by atoms with Crippen molar-refractivity contribution in [3.63, 3.8) is 0 Å². The summed E-state index contributed by atoms with van der Waals surface area (Å²) in [5.74, 6) is 0.462. The predicted octanol–water partition coefficient (Wildman–Crippen LogP) is 1.33. The maximum Gasteiger partial charge on any atom is 0.224 e. The molecule has 1 aromatic carbocycles. The van der Waals surface area contributed by atoms with Crippen LogP contribution in [0, 0.1) is 0 Å². The van der Waals surface area contributed by atoms with Crippen molar-refractivity contribution in [1.29, 1.82) is 0 Å². The highest BCUT2D eigenvalue weighted by molar-refractivity contribution is 5.98. The third-order valence-electron chi connectivity index (χ3n) is 4.82. The minimum Gasteiger partial charge on any atom is -0.497 e. The first-order valence-corrected chi connectivity index (χ1v) is 9.47. The molecule has 1 aromatic rings. The molecule has 1 N–H and O–H groups in total. The number of likely N-dealkylation sites (N-methyl/N-ethyl adjacent to an activating group) is 1. The molecule has 0 spiro atoms. The lowest BCUT2D eigenvalue weighted by Gasteiger charge is -2.34. The number of nitrogens with zero attached hydrogens (tertiary/aromatic N) is 2. The molecule has 2 rings (SSSR count). The summed E-state index contributed by atoms with van der Waals surface area (Å²) in [6.45, 7) is 6.74. The van der Waals surface area contributed by atoms with Gasteiger partial charge in [0.15, 0.2) is 5.78 Å². The third kappa shape index (κ3) is 6.67. The number of Topliss-reactive ketones (excluding diaryl/α,β-unsaturated/α-hetero) is 1. The number of rotatable bonds is 9. The van der Waals surface area contributed by atoms with Gasteiger partial charge in [0.25, 0.3) is 0 Å². The zero-order chi connectivity index (χ0) is 19.6. The standard InChI is InChI=1S/C20H29N3O4/c1-3-22-12-14-23(15-13-22)20(26)10-11-21-19(25)9-8-18(24)16-4-6-17(27-2)7-5-16/h4-7H,3,8-15H2,1-2H3,(H,21,25). The van der Waals surface area contributed by atoms with Gasteiger partial charge in [0, 0.05) is 57.5 Å². The molecule has 0 aliphatic carbocycles. The Kier molecular flexibility index (Phi) is 8.26. The Morgan fingerprint density at radius 3 is 2.26 bits per heavy atom. The van der Waals surface area contributed by atoms with E-state index in [2.05, 4.69) is 17.1 Å². The number of ether oxygens (including phenoxy) is 1. The van der Waals surface area contributed by atoms with E-state index in [0.717, 1.165) is 32.7 Å². The number of amides is 2. The van der Waals surface area contributed by atoms with Gasteiger partial charge in [-0.25, -0.2) is 0 Å². The molecule has 1 aliphatic rings. The van der Waals surface area contributed by atoms with Crippen molar-refractivity contribution in [2.75, 3.05) is 46.4 Å². The van der Waals surface area contributed by atoms with Crippen LogP contribution in [0.25, 0.3) is 0 Å². The molecule has 27 heavy (non-hydrogen) atoms. The van der Waals surface area contributed by atoms with Gasteiger partial charge in [-0.2, -0.15) is 0 Å². The van der Waals surface area contributed by atoms with Crippen LogP contribution in [0.3, 0.4) is 0 Å². The van der Waals surface area contributed by atoms with Gasteiger partial charge < -0.3 is 19.9 Å². The number of ketones is 1. The number of hydrogen-bond donors (Lipinski definition) is 1. The van der Waals surface area contributed by atoms with Crippen LogP contribution in [0.5, 0.6) is 5.75 Å². The molecular weight excluding hydrogens is 346 g/mol. The molecule has 7 heteroatoms. The fourth-order valence-corrected chi connectivity index (χ4v) is 3.02. The molecule has 7 nitrogen and oxygen atoms in total. The number of carbonyl (C=O) groups excluding carboxylic acids is 3. The van der Waals surface area contributed by atoms with Gasteiger partial charge in [0.1, 0.15) is 5.75 Å². The van der Waals surface area contributed by atoms with Crippen LogP contribution in [0.15, 0.2) is 24.3 Å². The first kappa shape index (κ1) is 20.9. The summed E-state index contributed by atoms with van der Waals surface area (Å²) < 4.78 is 5.06. The van der Waals surface area contributed by atoms with Crippen LogP contribution < -0.4 is 10.1 Å². The van der Waals surface area contributed by atoms with Gasteiger partial charge in [0.05, 0.1) is 7.11 Å². The zero-order valence-corrected chi connectivity index (χ0v) is 16.2. The van der Waals surface area contributed by atoms with Crippen LogP contribution in [0.1, 0.15) is 36.5 Å². The summed E-state index contributed by atoms with van der Waals surface area (Å²) in [7, 11) is 1.57. The van der Waals surface area contributed by atoms with Crippen molar-refractivity contribution in [3.8, 4) is 5.75 Å². The number of methoxy groups -OCH3 is 1. The monoisotopic (exact) mass is 375 g/mol. The van der Waals surface area contributed by atoms with E-state index in [1.807, 2.05) is 4.90 Å². The first-order valence-electron chi connectivity index (χ1n) is 9.47. The summed E-state index contributed by atoms with van der Waals surface area (Å²) >= 11 is 0. The molecule has 2 amide bonds. The summed E-state index contributed by atoms with van der Waals surface area (Å²) in [5, 5.41) is 2.73. The number of piperazine rings is 1. The summed E-state index contributed by atoms with van der Waals surface area (Å²) in [4.78, 5) is 40.3. The Morgan fingerprint density at radius 2 is 1.67 bits per heavy atom. The van der Waals surface area contributed by atoms with Crippen LogP contribution in [0.2, 0.25) is 0 Å². The Morgan fingerprint density at radius 1 is 1.00 bits per heavy atom. The lowest BCUT2D eigenvalue weighted by Crippen LogP contribution is -2.49. The van der Waals surface area contributed by atoms with Crippen molar-refractivity contribution < 1.29 is 19.1 Å². The molecule has 0 bridgehead atoms. The maximum atomic E-state index is 12.2. The minimum absolute atomic E-state index is 0.0698. The van der Waals surface area contributed by atoms with E-state index in [9.17, 15) is 14.4 Å². The minimum atomic E-state index is -0.208. The molecular formula is C20H29N3O4. The Labute approximate surface area is 160 Å². The Hall–Kier alpha value is -2.41. The smallest absolute Gasteiger partial charge is 0.224 e. The van der Waals surface area contributed by atoms with Crippen molar-refractivity contribution in [2.45, 2.75) is 26.2 Å². The topological polar surface area (TPSA) is 79.0 Å². The molecule has 0 radical (unpaired) electrons. The van der Waals surface area contributed by atoms with Gasteiger partial charge in [-0.05, 0) is 30.8 Å². The van der Waals surface area contributed by atoms with E-state index in [-0.39, 0.29) is 30.4 Å².